The molecular weight excluding hydrogens is 238 g/mol. The molecule has 0 fully saturated rings. The van der Waals surface area contributed by atoms with Crippen LogP contribution in [0, 0.1) is 0 Å². The molecule has 0 bridgehead atoms. The summed E-state index contributed by atoms with van der Waals surface area (Å²) in [5.41, 5.74) is 0.635. The number of aliphatic hydroxyl groups excluding tert-OH is 1. The first kappa shape index (κ1) is 14.2. The highest BCUT2D eigenvalue weighted by atomic mass is 32.2. The molecule has 1 unspecified atom stereocenters. The van der Waals surface area contributed by atoms with Crippen LogP contribution in [0.2, 0.25) is 0 Å². The van der Waals surface area contributed by atoms with Crippen LogP contribution < -0.4 is 4.72 Å². The minimum absolute atomic E-state index is 0.153. The molecule has 0 radical (unpaired) electrons. The van der Waals surface area contributed by atoms with Gasteiger partial charge < -0.3 is 5.11 Å². The fourth-order valence-electron chi connectivity index (χ4n) is 1.63. The number of aliphatic hydroxyl groups is 1. The second-order valence-electron chi connectivity index (χ2n) is 4.44. The lowest BCUT2D eigenvalue weighted by Gasteiger charge is -2.14. The molecule has 0 heterocycles. The van der Waals surface area contributed by atoms with Crippen LogP contribution >= 0.6 is 0 Å². The Morgan fingerprint density at radius 1 is 1.24 bits per heavy atom. The summed E-state index contributed by atoms with van der Waals surface area (Å²) < 4.78 is 26.6. The minimum Gasteiger partial charge on any atom is -0.393 e. The molecule has 0 aromatic heterocycles. The third kappa shape index (κ3) is 4.11. The van der Waals surface area contributed by atoms with E-state index in [0.29, 0.717) is 12.0 Å². The Balaban J connectivity index is 3.13. The highest BCUT2D eigenvalue weighted by Gasteiger charge is 2.19. The fraction of sp³-hybridized carbons (Fsp3) is 0.500. The van der Waals surface area contributed by atoms with Gasteiger partial charge in [0.05, 0.1) is 11.0 Å². The van der Waals surface area contributed by atoms with Crippen LogP contribution in [-0.2, 0) is 16.4 Å². The van der Waals surface area contributed by atoms with Crippen molar-refractivity contribution in [3.05, 3.63) is 29.8 Å². The van der Waals surface area contributed by atoms with E-state index in [2.05, 4.69) is 4.72 Å². The second kappa shape index (κ2) is 5.62. The maximum atomic E-state index is 12.1. The molecule has 1 aromatic carbocycles. The van der Waals surface area contributed by atoms with Crippen molar-refractivity contribution >= 4 is 10.0 Å². The standard InChI is InChI=1S/C12H19NO3S/c1-9(2)13-17(15,16)12-7-5-4-6-11(12)8-10(3)14/h4-7,9-10,13-14H,8H2,1-3H3. The molecule has 0 saturated heterocycles. The number of rotatable bonds is 5. The van der Waals surface area contributed by atoms with E-state index in [4.69, 9.17) is 0 Å². The fourth-order valence-corrected chi connectivity index (χ4v) is 3.13. The Morgan fingerprint density at radius 3 is 2.35 bits per heavy atom. The number of sulfonamides is 1. The SMILES string of the molecule is CC(O)Cc1ccccc1S(=O)(=O)NC(C)C. The van der Waals surface area contributed by atoms with Gasteiger partial charge in [0, 0.05) is 6.04 Å². The lowest BCUT2D eigenvalue weighted by atomic mass is 10.1. The van der Waals surface area contributed by atoms with Gasteiger partial charge in [-0.3, -0.25) is 0 Å². The van der Waals surface area contributed by atoms with Crippen LogP contribution in [0.25, 0.3) is 0 Å². The Morgan fingerprint density at radius 2 is 1.82 bits per heavy atom. The Labute approximate surface area is 103 Å². The summed E-state index contributed by atoms with van der Waals surface area (Å²) in [6, 6.07) is 6.58. The van der Waals surface area contributed by atoms with E-state index in [-0.39, 0.29) is 10.9 Å². The predicted molar refractivity (Wildman–Crippen MR) is 67.3 cm³/mol. The first-order valence-electron chi connectivity index (χ1n) is 5.61. The van der Waals surface area contributed by atoms with E-state index in [1.807, 2.05) is 0 Å². The summed E-state index contributed by atoms with van der Waals surface area (Å²) in [6.07, 6.45) is -0.236. The molecule has 0 aliphatic rings. The van der Waals surface area contributed by atoms with Gasteiger partial charge >= 0.3 is 0 Å². The number of nitrogens with one attached hydrogen (secondary N) is 1. The normalized spacial score (nSPS) is 13.9. The number of hydrogen-bond acceptors (Lipinski definition) is 3. The predicted octanol–water partition coefficient (Wildman–Crippen LogP) is 1.30. The van der Waals surface area contributed by atoms with Crippen molar-refractivity contribution in [3.8, 4) is 0 Å². The van der Waals surface area contributed by atoms with Gasteiger partial charge in [-0.2, -0.15) is 0 Å². The van der Waals surface area contributed by atoms with Gasteiger partial charge in [0.1, 0.15) is 0 Å². The van der Waals surface area contributed by atoms with E-state index in [0.717, 1.165) is 0 Å². The molecule has 0 aliphatic heterocycles. The lowest BCUT2D eigenvalue weighted by Crippen LogP contribution is -2.31. The monoisotopic (exact) mass is 257 g/mol. The lowest BCUT2D eigenvalue weighted by molar-refractivity contribution is 0.194. The van der Waals surface area contributed by atoms with Crippen molar-refractivity contribution in [2.45, 2.75) is 44.2 Å². The van der Waals surface area contributed by atoms with Gasteiger partial charge in [0.15, 0.2) is 0 Å². The Bertz CT molecular complexity index is 466. The largest absolute Gasteiger partial charge is 0.393 e. The minimum atomic E-state index is -3.50. The van der Waals surface area contributed by atoms with Crippen LogP contribution in [0.5, 0.6) is 0 Å². The average molecular weight is 257 g/mol. The van der Waals surface area contributed by atoms with Crippen molar-refractivity contribution in [3.63, 3.8) is 0 Å². The first-order valence-corrected chi connectivity index (χ1v) is 7.09. The molecular formula is C12H19NO3S. The zero-order valence-electron chi connectivity index (χ0n) is 10.3. The van der Waals surface area contributed by atoms with Crippen LogP contribution in [-0.4, -0.2) is 25.7 Å². The van der Waals surface area contributed by atoms with Crippen LogP contribution in [0.3, 0.4) is 0 Å². The van der Waals surface area contributed by atoms with Crippen LogP contribution in [0.15, 0.2) is 29.2 Å². The summed E-state index contributed by atoms with van der Waals surface area (Å²) in [6.45, 7) is 5.18. The Kier molecular flexibility index (Phi) is 4.68. The molecule has 1 atom stereocenters. The number of hydrogen-bond donors (Lipinski definition) is 2. The zero-order chi connectivity index (χ0) is 13.1. The maximum Gasteiger partial charge on any atom is 0.241 e. The third-order valence-corrected chi connectivity index (χ3v) is 3.93. The quantitative estimate of drug-likeness (QED) is 0.835. The van der Waals surface area contributed by atoms with Crippen molar-refractivity contribution in [2.75, 3.05) is 0 Å². The molecule has 0 spiro atoms. The molecule has 1 aromatic rings. The topological polar surface area (TPSA) is 66.4 Å². The summed E-state index contributed by atoms with van der Waals surface area (Å²) in [5, 5.41) is 9.36. The summed E-state index contributed by atoms with van der Waals surface area (Å²) in [7, 11) is -3.50. The van der Waals surface area contributed by atoms with Crippen molar-refractivity contribution in [2.24, 2.45) is 0 Å². The maximum absolute atomic E-state index is 12.1. The van der Waals surface area contributed by atoms with Crippen molar-refractivity contribution in [1.82, 2.24) is 4.72 Å². The molecule has 0 amide bonds. The van der Waals surface area contributed by atoms with Crippen LogP contribution in [0.4, 0.5) is 0 Å². The first-order chi connectivity index (χ1) is 7.83. The van der Waals surface area contributed by atoms with E-state index < -0.39 is 16.1 Å². The highest BCUT2D eigenvalue weighted by Crippen LogP contribution is 2.17. The smallest absolute Gasteiger partial charge is 0.241 e. The van der Waals surface area contributed by atoms with Gasteiger partial charge in [-0.1, -0.05) is 18.2 Å². The molecule has 17 heavy (non-hydrogen) atoms. The number of benzene rings is 1. The van der Waals surface area contributed by atoms with Crippen molar-refractivity contribution in [1.29, 1.82) is 0 Å². The highest BCUT2D eigenvalue weighted by molar-refractivity contribution is 7.89. The summed E-state index contributed by atoms with van der Waals surface area (Å²) >= 11 is 0. The van der Waals surface area contributed by atoms with E-state index >= 15 is 0 Å². The molecule has 0 aliphatic carbocycles. The van der Waals surface area contributed by atoms with E-state index in [1.54, 1.807) is 45.0 Å². The van der Waals surface area contributed by atoms with Gasteiger partial charge in [0.2, 0.25) is 10.0 Å². The van der Waals surface area contributed by atoms with Gasteiger partial charge in [0.25, 0.3) is 0 Å². The molecule has 1 rings (SSSR count). The second-order valence-corrected chi connectivity index (χ2v) is 6.12. The molecule has 2 N–H and O–H groups in total. The van der Waals surface area contributed by atoms with Crippen LogP contribution in [0.1, 0.15) is 26.3 Å². The average Bonchev–Trinajstić information content (AvgIpc) is 2.15. The molecule has 96 valence electrons. The van der Waals surface area contributed by atoms with Gasteiger partial charge in [-0.05, 0) is 38.8 Å². The van der Waals surface area contributed by atoms with Crippen molar-refractivity contribution < 1.29 is 13.5 Å². The van der Waals surface area contributed by atoms with Gasteiger partial charge in [-0.15, -0.1) is 0 Å². The zero-order valence-corrected chi connectivity index (χ0v) is 11.2. The summed E-state index contributed by atoms with van der Waals surface area (Å²) in [4.78, 5) is 0.245. The molecule has 4 nitrogen and oxygen atoms in total. The summed E-state index contributed by atoms with van der Waals surface area (Å²) in [5.74, 6) is 0. The van der Waals surface area contributed by atoms with Gasteiger partial charge in [-0.25, -0.2) is 13.1 Å². The molecule has 5 heteroatoms. The molecule has 0 saturated carbocycles. The van der Waals surface area contributed by atoms with E-state index in [9.17, 15) is 13.5 Å². The third-order valence-electron chi connectivity index (χ3n) is 2.17. The van der Waals surface area contributed by atoms with E-state index in [1.165, 1.54) is 0 Å². The Hall–Kier alpha value is -0.910.